The van der Waals surface area contributed by atoms with Crippen molar-refractivity contribution in [2.75, 3.05) is 0 Å². The van der Waals surface area contributed by atoms with Crippen molar-refractivity contribution in [1.82, 2.24) is 0 Å². The minimum Gasteiger partial charge on any atom is -0.389 e. The van der Waals surface area contributed by atoms with Crippen LogP contribution in [-0.4, -0.2) is 11.2 Å². The van der Waals surface area contributed by atoms with Gasteiger partial charge in [-0.3, -0.25) is 0 Å². The number of rotatable bonds is 4. The van der Waals surface area contributed by atoms with Gasteiger partial charge in [-0.05, 0) is 49.4 Å². The van der Waals surface area contributed by atoms with Crippen LogP contribution in [0, 0.1) is 17.3 Å². The van der Waals surface area contributed by atoms with E-state index in [1.54, 1.807) is 0 Å². The Bertz CT molecular complexity index is 312. The number of aliphatic hydroxyl groups excluding tert-OH is 1. The van der Waals surface area contributed by atoms with Crippen LogP contribution in [0.5, 0.6) is 0 Å². The third-order valence-corrected chi connectivity index (χ3v) is 4.10. The summed E-state index contributed by atoms with van der Waals surface area (Å²) in [6.45, 7) is 17.1. The molecule has 1 fully saturated rings. The number of hydrogen-bond acceptors (Lipinski definition) is 1. The molecule has 2 atom stereocenters. The standard InChI is InChI=1S/C17H30O.C3H8/c1-6-14-8-7-9-15(17(4,5)12-14)11-16(18)10-13(2)3;1-3-2/h6,11,13-14,16,18H,1,7-10,12H2,2-5H3;3H2,1-2H3/b15-11-;. The highest BCUT2D eigenvalue weighted by Crippen LogP contribution is 2.41. The Kier molecular flexibility index (Phi) is 9.94. The van der Waals surface area contributed by atoms with E-state index in [1.807, 2.05) is 0 Å². The zero-order valence-electron chi connectivity index (χ0n) is 15.3. The summed E-state index contributed by atoms with van der Waals surface area (Å²) in [7, 11) is 0. The van der Waals surface area contributed by atoms with Crippen molar-refractivity contribution in [2.45, 2.75) is 86.2 Å². The number of hydrogen-bond donors (Lipinski definition) is 1. The van der Waals surface area contributed by atoms with Gasteiger partial charge in [0.25, 0.3) is 0 Å². The maximum atomic E-state index is 10.1. The maximum Gasteiger partial charge on any atom is 0.0726 e. The van der Waals surface area contributed by atoms with Crippen LogP contribution in [0.4, 0.5) is 0 Å². The molecule has 0 radical (unpaired) electrons. The Morgan fingerprint density at radius 2 is 1.90 bits per heavy atom. The number of aliphatic hydroxyl groups is 1. The Morgan fingerprint density at radius 1 is 1.33 bits per heavy atom. The second kappa shape index (κ2) is 10.2. The summed E-state index contributed by atoms with van der Waals surface area (Å²) in [5.74, 6) is 1.18. The van der Waals surface area contributed by atoms with Crippen molar-refractivity contribution in [3.63, 3.8) is 0 Å². The smallest absolute Gasteiger partial charge is 0.0726 e. The highest BCUT2D eigenvalue weighted by atomic mass is 16.3. The summed E-state index contributed by atoms with van der Waals surface area (Å²) in [4.78, 5) is 0. The van der Waals surface area contributed by atoms with Crippen molar-refractivity contribution in [3.05, 3.63) is 24.3 Å². The van der Waals surface area contributed by atoms with Gasteiger partial charge in [0.1, 0.15) is 0 Å². The molecular weight excluding hydrogens is 256 g/mol. The van der Waals surface area contributed by atoms with Crippen LogP contribution in [0.25, 0.3) is 0 Å². The molecule has 1 saturated carbocycles. The lowest BCUT2D eigenvalue weighted by atomic mass is 9.77. The van der Waals surface area contributed by atoms with Crippen molar-refractivity contribution in [2.24, 2.45) is 17.3 Å². The molecule has 1 heteroatoms. The minimum atomic E-state index is -0.278. The fourth-order valence-corrected chi connectivity index (χ4v) is 3.08. The van der Waals surface area contributed by atoms with Gasteiger partial charge < -0.3 is 5.11 Å². The first-order valence-corrected chi connectivity index (χ1v) is 8.78. The van der Waals surface area contributed by atoms with Gasteiger partial charge in [-0.25, -0.2) is 0 Å². The van der Waals surface area contributed by atoms with Gasteiger partial charge in [-0.1, -0.05) is 65.7 Å². The van der Waals surface area contributed by atoms with Gasteiger partial charge in [0.15, 0.2) is 0 Å². The summed E-state index contributed by atoms with van der Waals surface area (Å²) in [6, 6.07) is 0. The van der Waals surface area contributed by atoms with Crippen LogP contribution in [0.2, 0.25) is 0 Å². The SMILES string of the molecule is C=CC1CCC/C(=C/C(O)CC(C)C)C(C)(C)C1.CCC. The van der Waals surface area contributed by atoms with E-state index in [1.165, 1.54) is 24.8 Å². The Morgan fingerprint density at radius 3 is 2.38 bits per heavy atom. The van der Waals surface area contributed by atoms with Gasteiger partial charge in [0, 0.05) is 0 Å². The molecule has 2 unspecified atom stereocenters. The minimum absolute atomic E-state index is 0.202. The highest BCUT2D eigenvalue weighted by molar-refractivity contribution is 5.16. The molecule has 0 aliphatic heterocycles. The summed E-state index contributed by atoms with van der Waals surface area (Å²) in [6.07, 6.45) is 10.8. The van der Waals surface area contributed by atoms with E-state index < -0.39 is 0 Å². The van der Waals surface area contributed by atoms with Gasteiger partial charge in [0.2, 0.25) is 0 Å². The van der Waals surface area contributed by atoms with Crippen molar-refractivity contribution in [1.29, 1.82) is 0 Å². The molecule has 124 valence electrons. The molecule has 0 aromatic rings. The average molecular weight is 295 g/mol. The largest absolute Gasteiger partial charge is 0.389 e. The molecule has 1 aliphatic rings. The van der Waals surface area contributed by atoms with Gasteiger partial charge in [-0.2, -0.15) is 0 Å². The molecule has 1 N–H and O–H groups in total. The Balaban J connectivity index is 0.00000122. The molecule has 1 rings (SSSR count). The van der Waals surface area contributed by atoms with E-state index in [9.17, 15) is 5.11 Å². The predicted octanol–water partition coefficient (Wildman–Crippen LogP) is 6.14. The third kappa shape index (κ3) is 8.46. The van der Waals surface area contributed by atoms with Crippen molar-refractivity contribution in [3.8, 4) is 0 Å². The molecule has 21 heavy (non-hydrogen) atoms. The molecule has 1 aliphatic carbocycles. The zero-order chi connectivity index (χ0) is 16.5. The molecular formula is C20H38O. The molecule has 1 nitrogen and oxygen atoms in total. The fourth-order valence-electron chi connectivity index (χ4n) is 3.08. The summed E-state index contributed by atoms with van der Waals surface area (Å²) in [5, 5.41) is 10.1. The second-order valence-corrected chi connectivity index (χ2v) is 7.57. The molecule has 0 heterocycles. The summed E-state index contributed by atoms with van der Waals surface area (Å²) < 4.78 is 0. The molecule has 0 spiro atoms. The van der Waals surface area contributed by atoms with Crippen LogP contribution in [-0.2, 0) is 0 Å². The van der Waals surface area contributed by atoms with E-state index in [2.05, 4.69) is 60.3 Å². The van der Waals surface area contributed by atoms with E-state index in [4.69, 9.17) is 0 Å². The van der Waals surface area contributed by atoms with Gasteiger partial charge >= 0.3 is 0 Å². The monoisotopic (exact) mass is 294 g/mol. The highest BCUT2D eigenvalue weighted by Gasteiger charge is 2.29. The molecule has 0 saturated heterocycles. The first-order valence-electron chi connectivity index (χ1n) is 8.78. The average Bonchev–Trinajstić information content (AvgIpc) is 2.49. The Labute approximate surface area is 133 Å². The topological polar surface area (TPSA) is 20.2 Å². The fraction of sp³-hybridized carbons (Fsp3) is 0.800. The van der Waals surface area contributed by atoms with Gasteiger partial charge in [-0.15, -0.1) is 6.58 Å². The lowest BCUT2D eigenvalue weighted by molar-refractivity contribution is 0.191. The Hall–Kier alpha value is -0.560. The maximum absolute atomic E-state index is 10.1. The van der Waals surface area contributed by atoms with Crippen molar-refractivity contribution < 1.29 is 5.11 Å². The van der Waals surface area contributed by atoms with Crippen LogP contribution in [0.1, 0.15) is 80.1 Å². The van der Waals surface area contributed by atoms with E-state index in [0.29, 0.717) is 11.8 Å². The zero-order valence-corrected chi connectivity index (χ0v) is 15.3. The second-order valence-electron chi connectivity index (χ2n) is 7.57. The molecule has 0 amide bonds. The van der Waals surface area contributed by atoms with E-state index in [0.717, 1.165) is 19.3 Å². The van der Waals surface area contributed by atoms with Crippen LogP contribution in [0.15, 0.2) is 24.3 Å². The molecule has 0 aromatic carbocycles. The van der Waals surface area contributed by atoms with E-state index >= 15 is 0 Å². The molecule has 0 bridgehead atoms. The number of allylic oxidation sites excluding steroid dienone is 2. The normalized spacial score (nSPS) is 25.0. The van der Waals surface area contributed by atoms with Gasteiger partial charge in [0.05, 0.1) is 6.10 Å². The predicted molar refractivity (Wildman–Crippen MR) is 95.4 cm³/mol. The van der Waals surface area contributed by atoms with Crippen molar-refractivity contribution >= 4 is 0 Å². The van der Waals surface area contributed by atoms with Crippen LogP contribution in [0.3, 0.4) is 0 Å². The molecule has 0 aromatic heterocycles. The lowest BCUT2D eigenvalue weighted by Gasteiger charge is -2.29. The van der Waals surface area contributed by atoms with Crippen LogP contribution >= 0.6 is 0 Å². The summed E-state index contributed by atoms with van der Waals surface area (Å²) in [5.41, 5.74) is 1.65. The first-order chi connectivity index (χ1) is 9.76. The summed E-state index contributed by atoms with van der Waals surface area (Å²) >= 11 is 0. The third-order valence-electron chi connectivity index (χ3n) is 4.10. The lowest BCUT2D eigenvalue weighted by Crippen LogP contribution is -2.19. The van der Waals surface area contributed by atoms with Crippen LogP contribution < -0.4 is 0 Å². The quantitative estimate of drug-likeness (QED) is 0.488. The van der Waals surface area contributed by atoms with E-state index in [-0.39, 0.29) is 11.5 Å². The first kappa shape index (κ1) is 20.4.